The molecule has 6 rings (SSSR count). The zero-order valence-electron chi connectivity index (χ0n) is 18.8. The Morgan fingerprint density at radius 3 is 2.71 bits per heavy atom. The molecule has 8 heteroatoms. The molecule has 1 aliphatic carbocycles. The van der Waals surface area contributed by atoms with Crippen molar-refractivity contribution >= 4 is 33.3 Å². The van der Waals surface area contributed by atoms with Crippen LogP contribution in [0.4, 0.5) is 0 Å². The molecule has 0 saturated heterocycles. The fraction of sp³-hybridized carbons (Fsp3) is 0.231. The minimum absolute atomic E-state index is 0.0139. The van der Waals surface area contributed by atoms with Crippen LogP contribution in [0, 0.1) is 6.92 Å². The molecule has 1 saturated carbocycles. The Hall–Kier alpha value is -3.23. The monoisotopic (exact) mass is 486 g/mol. The highest BCUT2D eigenvalue weighted by atomic mass is 32.2. The van der Waals surface area contributed by atoms with Gasteiger partial charge < -0.3 is 4.42 Å². The molecular weight excluding hydrogens is 464 g/mol. The van der Waals surface area contributed by atoms with Gasteiger partial charge in [-0.3, -0.25) is 9.36 Å². The lowest BCUT2D eigenvalue weighted by Crippen LogP contribution is -2.22. The van der Waals surface area contributed by atoms with Crippen LogP contribution < -0.4 is 5.56 Å². The van der Waals surface area contributed by atoms with Gasteiger partial charge in [0, 0.05) is 5.56 Å². The SMILES string of the molecule is Cc1cccc(-c2nnc(C(C)Sc3nc4scc(C5CC5)c4c(=O)n3-c3ccccc3)o2)c1. The Morgan fingerprint density at radius 1 is 1.12 bits per heavy atom. The third-order valence-electron chi connectivity index (χ3n) is 5.97. The lowest BCUT2D eigenvalue weighted by Gasteiger charge is -2.14. The summed E-state index contributed by atoms with van der Waals surface area (Å²) < 4.78 is 7.73. The minimum atomic E-state index is -0.187. The van der Waals surface area contributed by atoms with Gasteiger partial charge in [-0.2, -0.15) is 0 Å². The number of rotatable bonds is 6. The van der Waals surface area contributed by atoms with Crippen LogP contribution in [0.2, 0.25) is 0 Å². The summed E-state index contributed by atoms with van der Waals surface area (Å²) in [6, 6.07) is 17.7. The first-order valence-corrected chi connectivity index (χ1v) is 13.0. The molecule has 0 aliphatic heterocycles. The number of hydrogen-bond acceptors (Lipinski definition) is 7. The Labute approximate surface area is 204 Å². The predicted octanol–water partition coefficient (Wildman–Crippen LogP) is 6.54. The van der Waals surface area contributed by atoms with E-state index >= 15 is 0 Å². The van der Waals surface area contributed by atoms with E-state index in [1.165, 1.54) is 11.8 Å². The maximum atomic E-state index is 13.8. The number of thioether (sulfide) groups is 1. The molecule has 1 aliphatic rings. The summed E-state index contributed by atoms with van der Waals surface area (Å²) in [7, 11) is 0. The van der Waals surface area contributed by atoms with Gasteiger partial charge in [-0.25, -0.2) is 4.98 Å². The molecule has 1 fully saturated rings. The van der Waals surface area contributed by atoms with Gasteiger partial charge in [0.25, 0.3) is 5.56 Å². The lowest BCUT2D eigenvalue weighted by atomic mass is 10.1. The van der Waals surface area contributed by atoms with Crippen LogP contribution in [0.5, 0.6) is 0 Å². The van der Waals surface area contributed by atoms with Crippen molar-refractivity contribution in [3.05, 3.63) is 87.3 Å². The number of para-hydroxylation sites is 1. The van der Waals surface area contributed by atoms with E-state index in [9.17, 15) is 4.79 Å². The average Bonchev–Trinajstić information content (AvgIpc) is 3.39. The predicted molar refractivity (Wildman–Crippen MR) is 136 cm³/mol. The van der Waals surface area contributed by atoms with Crippen LogP contribution in [0.1, 0.15) is 48.0 Å². The van der Waals surface area contributed by atoms with Crippen LogP contribution in [-0.4, -0.2) is 19.7 Å². The summed E-state index contributed by atoms with van der Waals surface area (Å²) in [4.78, 5) is 19.5. The maximum absolute atomic E-state index is 13.8. The molecule has 1 unspecified atom stereocenters. The van der Waals surface area contributed by atoms with Crippen LogP contribution in [0.15, 0.2) is 74.3 Å². The van der Waals surface area contributed by atoms with Gasteiger partial charge in [0.1, 0.15) is 4.83 Å². The Morgan fingerprint density at radius 2 is 1.94 bits per heavy atom. The van der Waals surface area contributed by atoms with E-state index in [0.29, 0.717) is 22.9 Å². The molecule has 34 heavy (non-hydrogen) atoms. The Kier molecular flexibility index (Phi) is 5.34. The summed E-state index contributed by atoms with van der Waals surface area (Å²) in [6.45, 7) is 4.02. The van der Waals surface area contributed by atoms with Crippen molar-refractivity contribution in [3.63, 3.8) is 0 Å². The van der Waals surface area contributed by atoms with Crippen molar-refractivity contribution in [2.75, 3.05) is 0 Å². The first kappa shape index (κ1) is 21.3. The van der Waals surface area contributed by atoms with Crippen molar-refractivity contribution in [3.8, 4) is 17.1 Å². The van der Waals surface area contributed by atoms with Crippen molar-refractivity contribution in [1.82, 2.24) is 19.7 Å². The molecule has 2 aromatic carbocycles. The third-order valence-corrected chi connectivity index (χ3v) is 7.90. The van der Waals surface area contributed by atoms with Crippen molar-refractivity contribution in [2.24, 2.45) is 0 Å². The van der Waals surface area contributed by atoms with Gasteiger partial charge in [-0.1, -0.05) is 47.7 Å². The second-order valence-corrected chi connectivity index (χ2v) is 10.8. The summed E-state index contributed by atoms with van der Waals surface area (Å²) in [6.07, 6.45) is 2.29. The highest BCUT2D eigenvalue weighted by Gasteiger charge is 2.29. The molecule has 3 aromatic heterocycles. The zero-order chi connectivity index (χ0) is 23.2. The summed E-state index contributed by atoms with van der Waals surface area (Å²) in [5, 5.41) is 11.8. The van der Waals surface area contributed by atoms with E-state index in [1.807, 2.05) is 68.4 Å². The van der Waals surface area contributed by atoms with Crippen LogP contribution in [-0.2, 0) is 0 Å². The average molecular weight is 487 g/mol. The molecule has 5 aromatic rings. The fourth-order valence-corrected chi connectivity index (χ4v) is 6.09. The minimum Gasteiger partial charge on any atom is -0.419 e. The third kappa shape index (κ3) is 3.86. The van der Waals surface area contributed by atoms with Crippen molar-refractivity contribution in [2.45, 2.75) is 43.0 Å². The van der Waals surface area contributed by atoms with Crippen molar-refractivity contribution in [1.29, 1.82) is 0 Å². The van der Waals surface area contributed by atoms with E-state index in [0.717, 1.165) is 45.4 Å². The first-order valence-electron chi connectivity index (χ1n) is 11.2. The first-order chi connectivity index (χ1) is 16.6. The number of fused-ring (bicyclic) bond motifs is 1. The van der Waals surface area contributed by atoms with E-state index in [4.69, 9.17) is 9.40 Å². The largest absolute Gasteiger partial charge is 0.419 e. The number of hydrogen-bond donors (Lipinski definition) is 0. The highest BCUT2D eigenvalue weighted by Crippen LogP contribution is 2.45. The normalized spacial score (nSPS) is 14.5. The molecule has 0 spiro atoms. The van der Waals surface area contributed by atoms with Gasteiger partial charge in [0.05, 0.1) is 16.3 Å². The second-order valence-electron chi connectivity index (χ2n) is 8.59. The molecule has 0 N–H and O–H groups in total. The topological polar surface area (TPSA) is 73.8 Å². The highest BCUT2D eigenvalue weighted by molar-refractivity contribution is 7.99. The number of aryl methyl sites for hydroxylation is 1. The maximum Gasteiger partial charge on any atom is 0.267 e. The quantitative estimate of drug-likeness (QED) is 0.200. The smallest absolute Gasteiger partial charge is 0.267 e. The summed E-state index contributed by atoms with van der Waals surface area (Å²) >= 11 is 3.01. The number of thiophene rings is 1. The number of aromatic nitrogens is 4. The molecule has 6 nitrogen and oxygen atoms in total. The summed E-state index contributed by atoms with van der Waals surface area (Å²) in [5.41, 5.74) is 3.95. The van der Waals surface area contributed by atoms with Crippen molar-refractivity contribution < 1.29 is 4.42 Å². The van der Waals surface area contributed by atoms with Gasteiger partial charge in [-0.05, 0) is 67.8 Å². The van der Waals surface area contributed by atoms with E-state index in [1.54, 1.807) is 15.9 Å². The number of benzene rings is 2. The van der Waals surface area contributed by atoms with Crippen LogP contribution >= 0.6 is 23.1 Å². The fourth-order valence-electron chi connectivity index (χ4n) is 4.07. The molecule has 170 valence electrons. The van der Waals surface area contributed by atoms with E-state index in [2.05, 4.69) is 15.6 Å². The van der Waals surface area contributed by atoms with Gasteiger partial charge >= 0.3 is 0 Å². The summed E-state index contributed by atoms with van der Waals surface area (Å²) in [5.74, 6) is 1.48. The molecule has 0 bridgehead atoms. The zero-order valence-corrected chi connectivity index (χ0v) is 20.4. The van der Waals surface area contributed by atoms with E-state index in [-0.39, 0.29) is 10.8 Å². The molecule has 0 radical (unpaired) electrons. The van der Waals surface area contributed by atoms with Gasteiger partial charge in [0.2, 0.25) is 11.8 Å². The number of nitrogens with zero attached hydrogens (tertiary/aromatic N) is 4. The second kappa shape index (κ2) is 8.52. The van der Waals surface area contributed by atoms with Crippen LogP contribution in [0.3, 0.4) is 0 Å². The molecular formula is C26H22N4O2S2. The lowest BCUT2D eigenvalue weighted by molar-refractivity contribution is 0.508. The van der Waals surface area contributed by atoms with Crippen LogP contribution in [0.25, 0.3) is 27.4 Å². The Balaban J connectivity index is 1.40. The standard InChI is InChI=1S/C26H22N4O2S2/c1-15-7-6-8-18(13-15)23-29-28-22(32-23)16(2)34-26-27-24-21(20(14-33-24)17-11-12-17)25(31)30(26)19-9-4-3-5-10-19/h3-10,13-14,16-17H,11-12H2,1-2H3. The Bertz CT molecular complexity index is 1550. The molecule has 0 amide bonds. The molecule has 3 heterocycles. The van der Waals surface area contributed by atoms with Gasteiger partial charge in [0.15, 0.2) is 5.16 Å². The van der Waals surface area contributed by atoms with E-state index < -0.39 is 0 Å². The molecule has 1 atom stereocenters. The van der Waals surface area contributed by atoms with Gasteiger partial charge in [-0.15, -0.1) is 21.5 Å².